The van der Waals surface area contributed by atoms with Crippen LogP contribution in [0.1, 0.15) is 36.1 Å². The molecule has 4 unspecified atom stereocenters. The van der Waals surface area contributed by atoms with Crippen molar-refractivity contribution in [3.8, 4) is 0 Å². The highest BCUT2D eigenvalue weighted by molar-refractivity contribution is 7.57. The lowest BCUT2D eigenvalue weighted by atomic mass is 10.1. The zero-order valence-corrected chi connectivity index (χ0v) is 20.1. The number of piperazine rings is 1. The van der Waals surface area contributed by atoms with E-state index in [0.29, 0.717) is 38.0 Å². The Kier molecular flexibility index (Phi) is 7.44. The zero-order valence-electron chi connectivity index (χ0n) is 19.2. The molecule has 4 rings (SSSR count). The van der Waals surface area contributed by atoms with Crippen LogP contribution in [0.4, 0.5) is 17.6 Å². The average molecular weight is 496 g/mol. The average Bonchev–Trinajstić information content (AvgIpc) is 3.20. The molecule has 4 atom stereocenters. The number of carbonyl (C=O) groups is 1. The van der Waals surface area contributed by atoms with Crippen LogP contribution in [0.3, 0.4) is 0 Å². The summed E-state index contributed by atoms with van der Waals surface area (Å²) in [5.41, 5.74) is 1.52. The van der Waals surface area contributed by atoms with E-state index in [1.165, 1.54) is 6.07 Å². The molecule has 0 amide bonds. The lowest BCUT2D eigenvalue weighted by Gasteiger charge is -2.46. The highest BCUT2D eigenvalue weighted by Crippen LogP contribution is 2.43. The monoisotopic (exact) mass is 496 g/mol. The summed E-state index contributed by atoms with van der Waals surface area (Å²) in [6.45, 7) is 6.10. The predicted molar refractivity (Wildman–Crippen MR) is 124 cm³/mol. The summed E-state index contributed by atoms with van der Waals surface area (Å²) in [5.74, 6) is -1.27. The normalized spacial score (nSPS) is 24.7. The largest absolute Gasteiger partial charge is 0.419 e. The fourth-order valence-electron chi connectivity index (χ4n) is 5.28. The van der Waals surface area contributed by atoms with Crippen LogP contribution in [0.5, 0.6) is 0 Å². The van der Waals surface area contributed by atoms with Crippen LogP contribution in [-0.2, 0) is 30.2 Å². The van der Waals surface area contributed by atoms with Crippen molar-refractivity contribution in [2.45, 2.75) is 51.4 Å². The van der Waals surface area contributed by atoms with E-state index in [-0.39, 0.29) is 18.0 Å². The van der Waals surface area contributed by atoms with Crippen LogP contribution in [0.15, 0.2) is 36.4 Å². The number of aldehydes is 1. The van der Waals surface area contributed by atoms with Crippen molar-refractivity contribution >= 4 is 19.9 Å². The van der Waals surface area contributed by atoms with Crippen LogP contribution in [0.25, 0.3) is 0 Å². The first-order valence-electron chi connectivity index (χ1n) is 11.5. The second-order valence-electron chi connectivity index (χ2n) is 9.41. The molecule has 1 N–H and O–H groups in total. The number of halogens is 4. The number of carbonyl (C=O) groups excluding carboxylic acids is 1. The summed E-state index contributed by atoms with van der Waals surface area (Å²) in [4.78, 5) is 24.9. The van der Waals surface area contributed by atoms with Gasteiger partial charge in [0.25, 0.3) is 0 Å². The Hall–Kier alpha value is -1.86. The molecule has 1 heterocycles. The molecule has 1 saturated heterocycles. The summed E-state index contributed by atoms with van der Waals surface area (Å²) in [6, 6.07) is 9.17. The molecule has 2 aliphatic rings. The van der Waals surface area contributed by atoms with Crippen LogP contribution < -0.4 is 5.30 Å². The minimum atomic E-state index is -4.69. The van der Waals surface area contributed by atoms with Gasteiger partial charge in [0.1, 0.15) is 20.4 Å². The molecule has 0 saturated carbocycles. The van der Waals surface area contributed by atoms with Crippen molar-refractivity contribution in [1.29, 1.82) is 0 Å². The van der Waals surface area contributed by atoms with Gasteiger partial charge in [0.05, 0.1) is 5.56 Å². The molecule has 0 bridgehead atoms. The van der Waals surface area contributed by atoms with E-state index in [9.17, 15) is 27.2 Å². The molecule has 1 aliphatic heterocycles. The van der Waals surface area contributed by atoms with Gasteiger partial charge in [-0.25, -0.2) is 9.06 Å². The molecule has 0 radical (unpaired) electrons. The van der Waals surface area contributed by atoms with Gasteiger partial charge in [-0.2, -0.15) is 13.2 Å². The summed E-state index contributed by atoms with van der Waals surface area (Å²) >= 11 is 0. The molecule has 0 spiro atoms. The van der Waals surface area contributed by atoms with Gasteiger partial charge in [0.15, 0.2) is 0 Å². The van der Waals surface area contributed by atoms with Crippen LogP contribution in [0.2, 0.25) is 0 Å². The van der Waals surface area contributed by atoms with Gasteiger partial charge in [0.2, 0.25) is 0 Å². The molecule has 184 valence electrons. The van der Waals surface area contributed by atoms with E-state index in [2.05, 4.69) is 23.4 Å². The summed E-state index contributed by atoms with van der Waals surface area (Å²) in [7, 11) is -1.56. The Morgan fingerprint density at radius 1 is 1.12 bits per heavy atom. The van der Waals surface area contributed by atoms with Gasteiger partial charge in [-0.3, -0.25) is 4.90 Å². The number of fused-ring (bicyclic) bond motifs is 1. The quantitative estimate of drug-likeness (QED) is 0.368. The van der Waals surface area contributed by atoms with E-state index in [0.717, 1.165) is 41.3 Å². The topological polar surface area (TPSA) is 43.8 Å². The molecule has 2 aromatic rings. The van der Waals surface area contributed by atoms with Gasteiger partial charge in [-0.15, -0.1) is 0 Å². The SMILES string of the molecule is CC1CN(CCc2ccc(C(F)(F)F)c(F)c2)CC(C)N1P(O)c1cccc2c1CC(C=O)C2. The van der Waals surface area contributed by atoms with Crippen molar-refractivity contribution in [2.24, 2.45) is 5.92 Å². The third-order valence-electron chi connectivity index (χ3n) is 6.83. The maximum absolute atomic E-state index is 13.9. The van der Waals surface area contributed by atoms with Crippen LogP contribution in [0, 0.1) is 11.7 Å². The Balaban J connectivity index is 1.40. The molecular weight excluding hydrogens is 467 g/mol. The maximum atomic E-state index is 13.9. The number of nitrogens with zero attached hydrogens (tertiary/aromatic N) is 2. The highest BCUT2D eigenvalue weighted by atomic mass is 31.2. The van der Waals surface area contributed by atoms with Gasteiger partial charge in [-0.1, -0.05) is 24.3 Å². The molecule has 1 fully saturated rings. The summed E-state index contributed by atoms with van der Waals surface area (Å²) < 4.78 is 54.4. The first-order chi connectivity index (χ1) is 16.1. The molecular formula is C25H29F4N2O2P. The van der Waals surface area contributed by atoms with E-state index >= 15 is 0 Å². The Bertz CT molecular complexity index is 1040. The Labute approximate surface area is 198 Å². The molecule has 4 nitrogen and oxygen atoms in total. The number of hydrogen-bond acceptors (Lipinski definition) is 4. The summed E-state index contributed by atoms with van der Waals surface area (Å²) in [6.07, 6.45) is -1.86. The molecule has 9 heteroatoms. The van der Waals surface area contributed by atoms with Crippen molar-refractivity contribution in [2.75, 3.05) is 19.6 Å². The Morgan fingerprint density at radius 2 is 1.82 bits per heavy atom. The first-order valence-corrected chi connectivity index (χ1v) is 12.7. The van der Waals surface area contributed by atoms with Gasteiger partial charge in [-0.05, 0) is 61.9 Å². The highest BCUT2D eigenvalue weighted by Gasteiger charge is 2.37. The van der Waals surface area contributed by atoms with Crippen LogP contribution in [-0.4, -0.2) is 52.5 Å². The van der Waals surface area contributed by atoms with Gasteiger partial charge < -0.3 is 9.69 Å². The van der Waals surface area contributed by atoms with E-state index in [1.807, 2.05) is 18.2 Å². The van der Waals surface area contributed by atoms with Gasteiger partial charge >= 0.3 is 6.18 Å². The van der Waals surface area contributed by atoms with Crippen molar-refractivity contribution < 1.29 is 27.2 Å². The lowest BCUT2D eigenvalue weighted by Crippen LogP contribution is -2.55. The van der Waals surface area contributed by atoms with E-state index in [1.54, 1.807) is 0 Å². The smallest absolute Gasteiger partial charge is 0.356 e. The lowest BCUT2D eigenvalue weighted by molar-refractivity contribution is -0.140. The van der Waals surface area contributed by atoms with E-state index in [4.69, 9.17) is 0 Å². The second-order valence-corrected chi connectivity index (χ2v) is 10.9. The number of benzene rings is 2. The molecule has 2 aromatic carbocycles. The van der Waals surface area contributed by atoms with E-state index < -0.39 is 25.9 Å². The van der Waals surface area contributed by atoms with Crippen LogP contribution >= 0.6 is 8.30 Å². The molecule has 34 heavy (non-hydrogen) atoms. The molecule has 1 aliphatic carbocycles. The summed E-state index contributed by atoms with van der Waals surface area (Å²) in [5, 5.41) is 0.921. The molecule has 0 aromatic heterocycles. The first kappa shape index (κ1) is 25.2. The zero-order chi connectivity index (χ0) is 24.6. The fraction of sp³-hybridized carbons (Fsp3) is 0.480. The van der Waals surface area contributed by atoms with Crippen molar-refractivity contribution in [3.63, 3.8) is 0 Å². The minimum Gasteiger partial charge on any atom is -0.356 e. The maximum Gasteiger partial charge on any atom is 0.419 e. The second kappa shape index (κ2) is 10.0. The van der Waals surface area contributed by atoms with Gasteiger partial charge in [0, 0.05) is 42.9 Å². The van der Waals surface area contributed by atoms with Crippen molar-refractivity contribution in [3.05, 3.63) is 64.5 Å². The fourth-order valence-corrected chi connectivity index (χ4v) is 7.12. The predicted octanol–water partition coefficient (Wildman–Crippen LogP) is 4.33. The number of hydrogen-bond donors (Lipinski definition) is 1. The Morgan fingerprint density at radius 3 is 2.44 bits per heavy atom. The third kappa shape index (κ3) is 5.20. The minimum absolute atomic E-state index is 0.0266. The third-order valence-corrected chi connectivity index (χ3v) is 8.90. The van der Waals surface area contributed by atoms with Crippen molar-refractivity contribution in [1.82, 2.24) is 9.57 Å². The number of rotatable bonds is 6. The number of alkyl halides is 3. The standard InChI is InChI=1S/C25H29F4N2O2P/c1-16-13-30(9-8-18-6-7-22(23(26)12-18)25(27,28)29)14-17(2)31(16)34(33)24-5-3-4-20-10-19(15-32)11-21(20)24/h3-7,12,15-17,19,33H,8-11,13-14H2,1-2H3.